The molecule has 0 amide bonds. The molecule has 6 nitrogen and oxygen atoms in total. The van der Waals surface area contributed by atoms with Crippen LogP contribution in [0.4, 0.5) is 0 Å². The quantitative estimate of drug-likeness (QED) is 0.852. The van der Waals surface area contributed by atoms with Crippen molar-refractivity contribution in [2.24, 2.45) is 5.73 Å². The minimum atomic E-state index is -1.04. The van der Waals surface area contributed by atoms with Crippen molar-refractivity contribution < 1.29 is 19.4 Å². The summed E-state index contributed by atoms with van der Waals surface area (Å²) >= 11 is 0. The van der Waals surface area contributed by atoms with Crippen LogP contribution < -0.4 is 15.2 Å². The van der Waals surface area contributed by atoms with Gasteiger partial charge in [-0.05, 0) is 30.2 Å². The Hall–Kier alpha value is -2.34. The molecular weight excluding hydrogens is 260 g/mol. The molecule has 0 bridgehead atoms. The molecule has 1 aromatic heterocycles. The average Bonchev–Trinajstić information content (AvgIpc) is 2.46. The van der Waals surface area contributed by atoms with Gasteiger partial charge in [-0.3, -0.25) is 9.78 Å². The number of pyridine rings is 1. The SMILES string of the molecule is COc1ccc(OC)c2c(CC(N)C(=O)O)ccnc12. The van der Waals surface area contributed by atoms with E-state index in [0.29, 0.717) is 17.0 Å². The van der Waals surface area contributed by atoms with Crippen molar-refractivity contribution >= 4 is 16.9 Å². The zero-order valence-corrected chi connectivity index (χ0v) is 11.3. The predicted molar refractivity (Wildman–Crippen MR) is 74.2 cm³/mol. The number of hydrogen-bond donors (Lipinski definition) is 2. The number of aliphatic carboxylic acids is 1. The van der Waals surface area contributed by atoms with Gasteiger partial charge in [0.2, 0.25) is 0 Å². The molecule has 1 atom stereocenters. The monoisotopic (exact) mass is 276 g/mol. The van der Waals surface area contributed by atoms with Gasteiger partial charge in [0.1, 0.15) is 23.1 Å². The number of carboxylic acids is 1. The van der Waals surface area contributed by atoms with E-state index in [1.54, 1.807) is 38.6 Å². The maximum absolute atomic E-state index is 10.9. The maximum atomic E-state index is 10.9. The molecule has 20 heavy (non-hydrogen) atoms. The van der Waals surface area contributed by atoms with E-state index in [-0.39, 0.29) is 6.42 Å². The standard InChI is InChI=1S/C14H16N2O4/c1-19-10-3-4-11(20-2)13-12(10)8(5-6-16-13)7-9(15)14(17)18/h3-6,9H,7,15H2,1-2H3,(H,17,18). The first-order valence-corrected chi connectivity index (χ1v) is 6.05. The van der Waals surface area contributed by atoms with Crippen LogP contribution >= 0.6 is 0 Å². The second-order valence-corrected chi connectivity index (χ2v) is 4.31. The lowest BCUT2D eigenvalue weighted by Gasteiger charge is -2.14. The third kappa shape index (κ3) is 2.50. The highest BCUT2D eigenvalue weighted by Gasteiger charge is 2.17. The first-order valence-electron chi connectivity index (χ1n) is 6.05. The fourth-order valence-electron chi connectivity index (χ4n) is 2.11. The number of carboxylic acid groups (broad SMARTS) is 1. The average molecular weight is 276 g/mol. The summed E-state index contributed by atoms with van der Waals surface area (Å²) in [5.41, 5.74) is 7.00. The number of aromatic nitrogens is 1. The van der Waals surface area contributed by atoms with Crippen LogP contribution in [0.3, 0.4) is 0 Å². The Balaban J connectivity index is 2.62. The number of methoxy groups -OCH3 is 2. The van der Waals surface area contributed by atoms with Crippen LogP contribution in [0.2, 0.25) is 0 Å². The van der Waals surface area contributed by atoms with E-state index in [9.17, 15) is 4.79 Å². The summed E-state index contributed by atoms with van der Waals surface area (Å²) in [6.07, 6.45) is 1.80. The zero-order chi connectivity index (χ0) is 14.7. The Kier molecular flexibility index (Phi) is 4.05. The largest absolute Gasteiger partial charge is 0.496 e. The molecule has 0 spiro atoms. The van der Waals surface area contributed by atoms with Crippen molar-refractivity contribution in [1.29, 1.82) is 0 Å². The summed E-state index contributed by atoms with van der Waals surface area (Å²) in [5, 5.41) is 9.67. The molecule has 3 N–H and O–H groups in total. The summed E-state index contributed by atoms with van der Waals surface area (Å²) in [4.78, 5) is 15.2. The van der Waals surface area contributed by atoms with Gasteiger partial charge in [0.25, 0.3) is 0 Å². The highest BCUT2D eigenvalue weighted by Crippen LogP contribution is 2.34. The normalized spacial score (nSPS) is 12.2. The lowest BCUT2D eigenvalue weighted by atomic mass is 10.0. The number of hydrogen-bond acceptors (Lipinski definition) is 5. The van der Waals surface area contributed by atoms with Gasteiger partial charge in [-0.25, -0.2) is 0 Å². The number of rotatable bonds is 5. The summed E-state index contributed by atoms with van der Waals surface area (Å²) in [6, 6.07) is 4.29. The van der Waals surface area contributed by atoms with E-state index < -0.39 is 12.0 Å². The molecular formula is C14H16N2O4. The molecule has 106 valence electrons. The van der Waals surface area contributed by atoms with Gasteiger partial charge in [0.05, 0.1) is 14.2 Å². The highest BCUT2D eigenvalue weighted by atomic mass is 16.5. The second kappa shape index (κ2) is 5.75. The van der Waals surface area contributed by atoms with Crippen LogP contribution in [0, 0.1) is 0 Å². The van der Waals surface area contributed by atoms with E-state index in [4.69, 9.17) is 20.3 Å². The highest BCUT2D eigenvalue weighted by molar-refractivity contribution is 5.93. The molecule has 0 saturated heterocycles. The summed E-state index contributed by atoms with van der Waals surface area (Å²) in [7, 11) is 3.10. The van der Waals surface area contributed by atoms with Gasteiger partial charge >= 0.3 is 5.97 Å². The summed E-state index contributed by atoms with van der Waals surface area (Å²) in [5.74, 6) is 0.171. The number of ether oxygens (including phenoxy) is 2. The minimum absolute atomic E-state index is 0.192. The molecule has 2 rings (SSSR count). The van der Waals surface area contributed by atoms with Crippen LogP contribution in [-0.2, 0) is 11.2 Å². The van der Waals surface area contributed by atoms with Crippen molar-refractivity contribution in [1.82, 2.24) is 4.98 Å². The van der Waals surface area contributed by atoms with Crippen molar-refractivity contribution in [3.05, 3.63) is 30.0 Å². The van der Waals surface area contributed by atoms with E-state index in [2.05, 4.69) is 4.98 Å². The van der Waals surface area contributed by atoms with Crippen molar-refractivity contribution in [3.63, 3.8) is 0 Å². The van der Waals surface area contributed by atoms with Crippen molar-refractivity contribution in [2.75, 3.05) is 14.2 Å². The number of fused-ring (bicyclic) bond motifs is 1. The molecule has 2 aromatic rings. The molecule has 0 aliphatic rings. The first kappa shape index (κ1) is 14.1. The lowest BCUT2D eigenvalue weighted by molar-refractivity contribution is -0.138. The smallest absolute Gasteiger partial charge is 0.320 e. The number of nitrogens with two attached hydrogens (primary N) is 1. The van der Waals surface area contributed by atoms with Crippen LogP contribution in [0.5, 0.6) is 11.5 Å². The Bertz CT molecular complexity index is 642. The molecule has 1 unspecified atom stereocenters. The van der Waals surface area contributed by atoms with Crippen molar-refractivity contribution in [3.8, 4) is 11.5 Å². The minimum Gasteiger partial charge on any atom is -0.496 e. The molecule has 0 aliphatic carbocycles. The van der Waals surface area contributed by atoms with E-state index in [1.807, 2.05) is 0 Å². The Morgan fingerprint density at radius 1 is 1.30 bits per heavy atom. The molecule has 0 radical (unpaired) electrons. The van der Waals surface area contributed by atoms with Gasteiger partial charge in [0.15, 0.2) is 0 Å². The van der Waals surface area contributed by atoms with Crippen molar-refractivity contribution in [2.45, 2.75) is 12.5 Å². The number of nitrogens with zero attached hydrogens (tertiary/aromatic N) is 1. The topological polar surface area (TPSA) is 94.7 Å². The Morgan fingerprint density at radius 3 is 2.55 bits per heavy atom. The fourth-order valence-corrected chi connectivity index (χ4v) is 2.11. The van der Waals surface area contributed by atoms with E-state index >= 15 is 0 Å². The van der Waals surface area contributed by atoms with Crippen LogP contribution in [-0.4, -0.2) is 36.3 Å². The van der Waals surface area contributed by atoms with Crippen LogP contribution in [0.1, 0.15) is 5.56 Å². The van der Waals surface area contributed by atoms with Gasteiger partial charge < -0.3 is 20.3 Å². The number of carbonyl (C=O) groups is 1. The third-order valence-electron chi connectivity index (χ3n) is 3.10. The first-order chi connectivity index (χ1) is 9.58. The molecule has 1 heterocycles. The van der Waals surface area contributed by atoms with E-state index in [0.717, 1.165) is 10.9 Å². The predicted octanol–water partition coefficient (Wildman–Crippen LogP) is 1.21. The lowest BCUT2D eigenvalue weighted by Crippen LogP contribution is -2.32. The summed E-state index contributed by atoms with van der Waals surface area (Å²) < 4.78 is 10.6. The maximum Gasteiger partial charge on any atom is 0.320 e. The van der Waals surface area contributed by atoms with Gasteiger partial charge in [-0.15, -0.1) is 0 Å². The van der Waals surface area contributed by atoms with Gasteiger partial charge in [0, 0.05) is 11.6 Å². The Labute approximate surface area is 116 Å². The van der Waals surface area contributed by atoms with Gasteiger partial charge in [-0.1, -0.05) is 0 Å². The Morgan fingerprint density at radius 2 is 1.95 bits per heavy atom. The fraction of sp³-hybridized carbons (Fsp3) is 0.286. The molecule has 1 aromatic carbocycles. The molecule has 0 fully saturated rings. The molecule has 0 aliphatic heterocycles. The number of benzene rings is 1. The second-order valence-electron chi connectivity index (χ2n) is 4.31. The van der Waals surface area contributed by atoms with Crippen LogP contribution in [0.25, 0.3) is 10.9 Å². The van der Waals surface area contributed by atoms with Gasteiger partial charge in [-0.2, -0.15) is 0 Å². The molecule has 0 saturated carbocycles. The summed E-state index contributed by atoms with van der Waals surface area (Å²) in [6.45, 7) is 0. The van der Waals surface area contributed by atoms with E-state index in [1.165, 1.54) is 0 Å². The molecule has 6 heteroatoms. The zero-order valence-electron chi connectivity index (χ0n) is 11.3. The van der Waals surface area contributed by atoms with Crippen LogP contribution in [0.15, 0.2) is 24.4 Å². The third-order valence-corrected chi connectivity index (χ3v) is 3.10.